The quantitative estimate of drug-likeness (QED) is 0.934. The van der Waals surface area contributed by atoms with Gasteiger partial charge in [-0.05, 0) is 31.2 Å². The lowest BCUT2D eigenvalue weighted by atomic mass is 10.2. The number of furan rings is 1. The Kier molecular flexibility index (Phi) is 3.81. The number of nitrogens with zero attached hydrogens (tertiary/aromatic N) is 1. The predicted molar refractivity (Wildman–Crippen MR) is 77.2 cm³/mol. The number of carbonyl (C=O) groups is 1. The summed E-state index contributed by atoms with van der Waals surface area (Å²) in [4.78, 5) is 14.1. The van der Waals surface area contributed by atoms with E-state index in [-0.39, 0.29) is 5.91 Å². The molecule has 0 atom stereocenters. The first-order valence-electron chi connectivity index (χ1n) is 5.81. The van der Waals surface area contributed by atoms with Gasteiger partial charge in [-0.15, -0.1) is 0 Å². The molecule has 0 bridgehead atoms. The largest absolute Gasteiger partial charge is 0.469 e. The van der Waals surface area contributed by atoms with Crippen LogP contribution in [0.2, 0.25) is 5.02 Å². The Bertz CT molecular complexity index is 605. The number of nitrogens with one attached hydrogen (secondary N) is 1. The highest BCUT2D eigenvalue weighted by Crippen LogP contribution is 2.28. The Morgan fingerprint density at radius 3 is 2.63 bits per heavy atom. The fourth-order valence-electron chi connectivity index (χ4n) is 1.81. The zero-order valence-corrected chi connectivity index (χ0v) is 11.8. The zero-order valence-electron chi connectivity index (χ0n) is 11.0. The van der Waals surface area contributed by atoms with Gasteiger partial charge in [0.05, 0.1) is 23.2 Å². The summed E-state index contributed by atoms with van der Waals surface area (Å²) in [6.45, 7) is 1.75. The SMILES string of the molecule is Cc1occc1C(=O)Nc1cc(Cl)ccc1N(C)C. The molecule has 1 N–H and O–H groups in total. The standard InChI is InChI=1S/C14H15ClN2O2/c1-9-11(6-7-19-9)14(18)16-12-8-10(15)4-5-13(12)17(2)3/h4-8H,1-3H3,(H,16,18). The smallest absolute Gasteiger partial charge is 0.259 e. The van der Waals surface area contributed by atoms with Gasteiger partial charge in [0.1, 0.15) is 5.76 Å². The van der Waals surface area contributed by atoms with Crippen molar-refractivity contribution in [3.63, 3.8) is 0 Å². The second kappa shape index (κ2) is 5.36. The summed E-state index contributed by atoms with van der Waals surface area (Å²) >= 11 is 5.97. The highest BCUT2D eigenvalue weighted by Gasteiger charge is 2.14. The van der Waals surface area contributed by atoms with Crippen molar-refractivity contribution in [2.45, 2.75) is 6.92 Å². The van der Waals surface area contributed by atoms with Crippen LogP contribution >= 0.6 is 11.6 Å². The van der Waals surface area contributed by atoms with Gasteiger partial charge in [0, 0.05) is 19.1 Å². The van der Waals surface area contributed by atoms with Crippen LogP contribution < -0.4 is 10.2 Å². The van der Waals surface area contributed by atoms with Gasteiger partial charge in [0.2, 0.25) is 0 Å². The van der Waals surface area contributed by atoms with Crippen molar-refractivity contribution in [1.29, 1.82) is 0 Å². The van der Waals surface area contributed by atoms with E-state index < -0.39 is 0 Å². The highest BCUT2D eigenvalue weighted by molar-refractivity contribution is 6.31. The summed E-state index contributed by atoms with van der Waals surface area (Å²) in [7, 11) is 3.81. The van der Waals surface area contributed by atoms with Crippen molar-refractivity contribution < 1.29 is 9.21 Å². The molecule has 2 aromatic rings. The minimum absolute atomic E-state index is 0.211. The lowest BCUT2D eigenvalue weighted by Gasteiger charge is -2.18. The maximum atomic E-state index is 12.1. The van der Waals surface area contributed by atoms with Crippen molar-refractivity contribution in [1.82, 2.24) is 0 Å². The van der Waals surface area contributed by atoms with Crippen LogP contribution in [0, 0.1) is 6.92 Å². The van der Waals surface area contributed by atoms with Crippen LogP contribution in [0.3, 0.4) is 0 Å². The number of anilines is 2. The van der Waals surface area contributed by atoms with Crippen molar-refractivity contribution in [3.05, 3.63) is 46.9 Å². The Morgan fingerprint density at radius 2 is 2.05 bits per heavy atom. The minimum atomic E-state index is -0.211. The number of aryl methyl sites for hydroxylation is 1. The van der Waals surface area contributed by atoms with Gasteiger partial charge in [-0.1, -0.05) is 11.6 Å². The third-order valence-electron chi connectivity index (χ3n) is 2.79. The van der Waals surface area contributed by atoms with Crippen molar-refractivity contribution in [2.24, 2.45) is 0 Å². The molecule has 1 heterocycles. The molecule has 19 heavy (non-hydrogen) atoms. The first-order chi connectivity index (χ1) is 8.99. The lowest BCUT2D eigenvalue weighted by Crippen LogP contribution is -2.16. The number of hydrogen-bond donors (Lipinski definition) is 1. The lowest BCUT2D eigenvalue weighted by molar-refractivity contribution is 0.102. The van der Waals surface area contributed by atoms with E-state index in [9.17, 15) is 4.79 Å². The number of benzene rings is 1. The topological polar surface area (TPSA) is 45.5 Å². The van der Waals surface area contributed by atoms with Gasteiger partial charge in [-0.25, -0.2) is 0 Å². The van der Waals surface area contributed by atoms with E-state index in [4.69, 9.17) is 16.0 Å². The molecule has 5 heteroatoms. The van der Waals surface area contributed by atoms with Gasteiger partial charge in [-0.3, -0.25) is 4.79 Å². The second-order valence-electron chi connectivity index (χ2n) is 4.40. The molecule has 0 radical (unpaired) electrons. The Hall–Kier alpha value is -1.94. The first-order valence-corrected chi connectivity index (χ1v) is 6.19. The van der Waals surface area contributed by atoms with Crippen LogP contribution in [0.25, 0.3) is 0 Å². The van der Waals surface area contributed by atoms with E-state index in [1.807, 2.05) is 25.1 Å². The molecule has 0 unspecified atom stereocenters. The molecule has 1 aromatic carbocycles. The summed E-state index contributed by atoms with van der Waals surface area (Å²) in [5.74, 6) is 0.377. The molecule has 1 aromatic heterocycles. The number of carbonyl (C=O) groups excluding carboxylic acids is 1. The van der Waals surface area contributed by atoms with Gasteiger partial charge >= 0.3 is 0 Å². The molecule has 2 rings (SSSR count). The van der Waals surface area contributed by atoms with Gasteiger partial charge in [-0.2, -0.15) is 0 Å². The van der Waals surface area contributed by atoms with E-state index in [0.717, 1.165) is 5.69 Å². The number of hydrogen-bond acceptors (Lipinski definition) is 3. The molecule has 0 aliphatic carbocycles. The molecule has 0 spiro atoms. The molecule has 0 fully saturated rings. The maximum absolute atomic E-state index is 12.1. The summed E-state index contributed by atoms with van der Waals surface area (Å²) < 4.78 is 5.13. The third kappa shape index (κ3) is 2.90. The average Bonchev–Trinajstić information content (AvgIpc) is 2.75. The Morgan fingerprint density at radius 1 is 1.32 bits per heavy atom. The molecule has 0 aliphatic rings. The maximum Gasteiger partial charge on any atom is 0.259 e. The normalized spacial score (nSPS) is 10.3. The highest BCUT2D eigenvalue weighted by atomic mass is 35.5. The van der Waals surface area contributed by atoms with Crippen molar-refractivity contribution >= 4 is 28.9 Å². The monoisotopic (exact) mass is 278 g/mol. The van der Waals surface area contributed by atoms with Crippen LogP contribution in [0.4, 0.5) is 11.4 Å². The van der Waals surface area contributed by atoms with Crippen LogP contribution in [0.15, 0.2) is 34.9 Å². The van der Waals surface area contributed by atoms with Gasteiger partial charge < -0.3 is 14.6 Å². The van der Waals surface area contributed by atoms with Crippen LogP contribution in [-0.2, 0) is 0 Å². The van der Waals surface area contributed by atoms with Crippen LogP contribution in [0.5, 0.6) is 0 Å². The van der Waals surface area contributed by atoms with E-state index in [1.54, 1.807) is 25.1 Å². The van der Waals surface area contributed by atoms with Gasteiger partial charge in [0.25, 0.3) is 5.91 Å². The van der Waals surface area contributed by atoms with E-state index in [1.165, 1.54) is 6.26 Å². The number of halogens is 1. The summed E-state index contributed by atoms with van der Waals surface area (Å²) in [6, 6.07) is 7.02. The molecule has 4 nitrogen and oxygen atoms in total. The minimum Gasteiger partial charge on any atom is -0.469 e. The van der Waals surface area contributed by atoms with Crippen molar-refractivity contribution in [3.8, 4) is 0 Å². The fraction of sp³-hybridized carbons (Fsp3) is 0.214. The van der Waals surface area contributed by atoms with E-state index in [0.29, 0.717) is 22.0 Å². The zero-order chi connectivity index (χ0) is 14.0. The first kappa shape index (κ1) is 13.5. The number of amides is 1. The van der Waals surface area contributed by atoms with Crippen LogP contribution in [0.1, 0.15) is 16.1 Å². The van der Waals surface area contributed by atoms with Crippen molar-refractivity contribution in [2.75, 3.05) is 24.3 Å². The second-order valence-corrected chi connectivity index (χ2v) is 4.84. The predicted octanol–water partition coefficient (Wildman–Crippen LogP) is 3.56. The molecular weight excluding hydrogens is 264 g/mol. The van der Waals surface area contributed by atoms with Crippen LogP contribution in [-0.4, -0.2) is 20.0 Å². The van der Waals surface area contributed by atoms with Gasteiger partial charge in [0.15, 0.2) is 0 Å². The molecule has 0 saturated carbocycles. The molecule has 0 saturated heterocycles. The summed E-state index contributed by atoms with van der Waals surface area (Å²) in [5, 5.41) is 3.42. The van der Waals surface area contributed by atoms with E-state index in [2.05, 4.69) is 5.32 Å². The molecule has 1 amide bonds. The molecule has 0 aliphatic heterocycles. The Balaban J connectivity index is 2.31. The average molecular weight is 279 g/mol. The summed E-state index contributed by atoms with van der Waals surface area (Å²) in [6.07, 6.45) is 1.50. The fourth-order valence-corrected chi connectivity index (χ4v) is 1.98. The van der Waals surface area contributed by atoms with E-state index >= 15 is 0 Å². The summed E-state index contributed by atoms with van der Waals surface area (Å²) in [5.41, 5.74) is 2.08. The molecular formula is C14H15ClN2O2. The number of rotatable bonds is 3. The Labute approximate surface area is 117 Å². The molecule has 100 valence electrons. The third-order valence-corrected chi connectivity index (χ3v) is 3.03.